The van der Waals surface area contributed by atoms with E-state index in [0.29, 0.717) is 6.42 Å². The number of aliphatic hydroxyl groups excluding tert-OH is 1. The van der Waals surface area contributed by atoms with E-state index in [1.165, 1.54) is 9.80 Å². The summed E-state index contributed by atoms with van der Waals surface area (Å²) in [6.45, 7) is 0.398. The van der Waals surface area contributed by atoms with Gasteiger partial charge in [0.25, 0.3) is 0 Å². The quantitative estimate of drug-likeness (QED) is 0.688. The highest BCUT2D eigenvalue weighted by Gasteiger charge is 2.45. The molecule has 30 heavy (non-hydrogen) atoms. The van der Waals surface area contributed by atoms with E-state index in [-0.39, 0.29) is 19.0 Å². The van der Waals surface area contributed by atoms with Gasteiger partial charge in [0.15, 0.2) is 0 Å². The van der Waals surface area contributed by atoms with Gasteiger partial charge < -0.3 is 5.11 Å². The Morgan fingerprint density at radius 2 is 1.33 bits per heavy atom. The minimum absolute atomic E-state index is 0.170. The SMILES string of the molecule is O=C1C(Cc2ccncc2)C(O)N(Cc2ccccc2)C(=O)N1Cc1ccccc1. The maximum absolute atomic E-state index is 13.3. The Bertz CT molecular complexity index is 934. The number of urea groups is 1. The summed E-state index contributed by atoms with van der Waals surface area (Å²) in [7, 11) is 0. The molecule has 4 rings (SSSR count). The summed E-state index contributed by atoms with van der Waals surface area (Å²) in [5, 5.41) is 11.0. The third kappa shape index (κ3) is 4.23. The molecule has 0 bridgehead atoms. The molecule has 0 spiro atoms. The van der Waals surface area contributed by atoms with Crippen LogP contribution in [-0.2, 0) is 24.3 Å². The van der Waals surface area contributed by atoms with Gasteiger partial charge in [-0.1, -0.05) is 60.7 Å². The largest absolute Gasteiger partial charge is 0.373 e. The van der Waals surface area contributed by atoms with Crippen molar-refractivity contribution in [1.29, 1.82) is 0 Å². The van der Waals surface area contributed by atoms with Gasteiger partial charge in [0.05, 0.1) is 12.5 Å². The van der Waals surface area contributed by atoms with Crippen molar-refractivity contribution in [1.82, 2.24) is 14.8 Å². The average molecular weight is 401 g/mol. The molecular weight excluding hydrogens is 378 g/mol. The molecule has 0 saturated carbocycles. The van der Waals surface area contributed by atoms with Crippen LogP contribution in [0, 0.1) is 5.92 Å². The van der Waals surface area contributed by atoms with Crippen LogP contribution < -0.4 is 0 Å². The number of rotatable bonds is 6. The van der Waals surface area contributed by atoms with E-state index in [4.69, 9.17) is 0 Å². The monoisotopic (exact) mass is 401 g/mol. The standard InChI is InChI=1S/C24H23N3O3/c28-22-21(15-18-11-13-25-14-12-18)23(29)27(17-20-9-5-2-6-10-20)24(30)26(22)16-19-7-3-1-4-8-19/h1-14,21-22,28H,15-17H2. The van der Waals surface area contributed by atoms with Gasteiger partial charge in [-0.25, -0.2) is 4.79 Å². The zero-order valence-electron chi connectivity index (χ0n) is 16.5. The number of amides is 3. The van der Waals surface area contributed by atoms with Crippen LogP contribution >= 0.6 is 0 Å². The molecule has 1 fully saturated rings. The minimum Gasteiger partial charge on any atom is -0.373 e. The van der Waals surface area contributed by atoms with Crippen molar-refractivity contribution in [2.24, 2.45) is 5.92 Å². The second kappa shape index (κ2) is 8.88. The van der Waals surface area contributed by atoms with Gasteiger partial charge in [-0.3, -0.25) is 19.6 Å². The second-order valence-corrected chi connectivity index (χ2v) is 7.39. The van der Waals surface area contributed by atoms with Crippen molar-refractivity contribution in [3.05, 3.63) is 102 Å². The highest BCUT2D eigenvalue weighted by Crippen LogP contribution is 2.28. The van der Waals surface area contributed by atoms with Crippen LogP contribution in [0.4, 0.5) is 4.79 Å². The van der Waals surface area contributed by atoms with Crippen LogP contribution in [0.2, 0.25) is 0 Å². The van der Waals surface area contributed by atoms with Crippen molar-refractivity contribution in [3.8, 4) is 0 Å². The number of hydrogen-bond acceptors (Lipinski definition) is 4. The first-order chi connectivity index (χ1) is 14.6. The number of pyridine rings is 1. The summed E-state index contributed by atoms with van der Waals surface area (Å²) in [6, 6.07) is 22.0. The van der Waals surface area contributed by atoms with Gasteiger partial charge in [-0.15, -0.1) is 0 Å². The molecule has 2 heterocycles. The van der Waals surface area contributed by atoms with E-state index in [9.17, 15) is 14.7 Å². The van der Waals surface area contributed by atoms with Crippen molar-refractivity contribution in [2.75, 3.05) is 0 Å². The highest BCUT2D eigenvalue weighted by atomic mass is 16.3. The second-order valence-electron chi connectivity index (χ2n) is 7.39. The summed E-state index contributed by atoms with van der Waals surface area (Å²) < 4.78 is 0. The molecule has 3 amide bonds. The molecule has 2 atom stereocenters. The fourth-order valence-electron chi connectivity index (χ4n) is 3.73. The van der Waals surface area contributed by atoms with Crippen molar-refractivity contribution < 1.29 is 14.7 Å². The Morgan fingerprint density at radius 1 is 0.767 bits per heavy atom. The minimum atomic E-state index is -1.20. The number of hydrogen-bond donors (Lipinski definition) is 1. The Labute approximate surface area is 175 Å². The Balaban J connectivity index is 1.64. The smallest absolute Gasteiger partial charge is 0.329 e. The van der Waals surface area contributed by atoms with Gasteiger partial charge in [-0.2, -0.15) is 0 Å². The van der Waals surface area contributed by atoms with Crippen LogP contribution in [0.5, 0.6) is 0 Å². The Hall–Kier alpha value is -3.51. The third-order valence-corrected chi connectivity index (χ3v) is 5.32. The molecule has 1 aliphatic heterocycles. The van der Waals surface area contributed by atoms with E-state index in [1.54, 1.807) is 12.4 Å². The topological polar surface area (TPSA) is 73.7 Å². The molecule has 1 aliphatic rings. The maximum atomic E-state index is 13.3. The molecule has 0 radical (unpaired) electrons. The van der Waals surface area contributed by atoms with Crippen molar-refractivity contribution in [3.63, 3.8) is 0 Å². The Morgan fingerprint density at radius 3 is 1.93 bits per heavy atom. The van der Waals surface area contributed by atoms with Gasteiger partial charge >= 0.3 is 6.03 Å². The zero-order valence-corrected chi connectivity index (χ0v) is 16.5. The predicted octanol–water partition coefficient (Wildman–Crippen LogP) is 3.22. The average Bonchev–Trinajstić information content (AvgIpc) is 2.79. The van der Waals surface area contributed by atoms with Crippen LogP contribution in [0.3, 0.4) is 0 Å². The van der Waals surface area contributed by atoms with E-state index < -0.39 is 18.2 Å². The van der Waals surface area contributed by atoms with E-state index in [0.717, 1.165) is 16.7 Å². The molecule has 3 aromatic rings. The van der Waals surface area contributed by atoms with Crippen LogP contribution in [0.1, 0.15) is 16.7 Å². The van der Waals surface area contributed by atoms with Gasteiger partial charge in [0, 0.05) is 18.9 Å². The van der Waals surface area contributed by atoms with Crippen molar-refractivity contribution >= 4 is 11.9 Å². The van der Waals surface area contributed by atoms with E-state index in [1.807, 2.05) is 72.8 Å². The maximum Gasteiger partial charge on any atom is 0.329 e. The summed E-state index contributed by atoms with van der Waals surface area (Å²) in [6.07, 6.45) is 2.44. The number of aliphatic hydroxyl groups is 1. The first kappa shape index (κ1) is 19.8. The fourth-order valence-corrected chi connectivity index (χ4v) is 3.73. The summed E-state index contributed by atoms with van der Waals surface area (Å²) >= 11 is 0. The fraction of sp³-hybridized carbons (Fsp3) is 0.208. The molecule has 6 nitrogen and oxygen atoms in total. The number of carbonyl (C=O) groups is 2. The van der Waals surface area contributed by atoms with Gasteiger partial charge in [-0.05, 0) is 35.2 Å². The molecule has 152 valence electrons. The van der Waals surface area contributed by atoms with Gasteiger partial charge in [0.2, 0.25) is 5.91 Å². The number of carbonyl (C=O) groups excluding carboxylic acids is 2. The molecular formula is C24H23N3O3. The molecule has 2 aromatic carbocycles. The molecule has 1 aromatic heterocycles. The lowest BCUT2D eigenvalue weighted by Crippen LogP contribution is -2.61. The van der Waals surface area contributed by atoms with E-state index >= 15 is 0 Å². The highest BCUT2D eigenvalue weighted by molar-refractivity contribution is 5.98. The first-order valence-electron chi connectivity index (χ1n) is 9.90. The molecule has 1 N–H and O–H groups in total. The molecule has 6 heteroatoms. The number of aromatic nitrogens is 1. The van der Waals surface area contributed by atoms with Crippen LogP contribution in [-0.4, -0.2) is 38.1 Å². The van der Waals surface area contributed by atoms with Crippen molar-refractivity contribution in [2.45, 2.75) is 25.7 Å². The lowest BCUT2D eigenvalue weighted by Gasteiger charge is -2.42. The number of benzene rings is 2. The lowest BCUT2D eigenvalue weighted by atomic mass is 9.93. The number of nitrogens with zero attached hydrogens (tertiary/aromatic N) is 3. The predicted molar refractivity (Wildman–Crippen MR) is 112 cm³/mol. The number of imide groups is 1. The normalized spacial score (nSPS) is 19.2. The first-order valence-corrected chi connectivity index (χ1v) is 9.90. The summed E-state index contributed by atoms with van der Waals surface area (Å²) in [5.74, 6) is -1.12. The van der Waals surface area contributed by atoms with Crippen LogP contribution in [0.25, 0.3) is 0 Å². The van der Waals surface area contributed by atoms with E-state index in [2.05, 4.69) is 4.98 Å². The third-order valence-electron chi connectivity index (χ3n) is 5.32. The molecule has 2 unspecified atom stereocenters. The Kier molecular flexibility index (Phi) is 5.86. The van der Waals surface area contributed by atoms with Crippen LogP contribution in [0.15, 0.2) is 85.2 Å². The zero-order chi connectivity index (χ0) is 20.9. The van der Waals surface area contributed by atoms with Gasteiger partial charge in [0.1, 0.15) is 6.23 Å². The summed E-state index contributed by atoms with van der Waals surface area (Å²) in [4.78, 5) is 33.1. The molecule has 0 aliphatic carbocycles. The summed E-state index contributed by atoms with van der Waals surface area (Å²) in [5.41, 5.74) is 2.63. The lowest BCUT2D eigenvalue weighted by molar-refractivity contribution is -0.150. The molecule has 1 saturated heterocycles.